The Hall–Kier alpha value is -3.62. The number of halogens is 3. The van der Waals surface area contributed by atoms with E-state index < -0.39 is 17.8 Å². The van der Waals surface area contributed by atoms with Crippen molar-refractivity contribution in [2.45, 2.75) is 13.1 Å². The number of carbonyl (C=O) groups is 1. The smallest absolute Gasteiger partial charge is 0.421 e. The second-order valence-electron chi connectivity index (χ2n) is 5.95. The summed E-state index contributed by atoms with van der Waals surface area (Å²) in [5.41, 5.74) is 6.83. The normalized spacial score (nSPS) is 11.2. The summed E-state index contributed by atoms with van der Waals surface area (Å²) in [7, 11) is 0. The molecule has 3 rings (SSSR count). The van der Waals surface area contributed by atoms with Crippen LogP contribution >= 0.6 is 0 Å². The van der Waals surface area contributed by atoms with Crippen molar-refractivity contribution in [1.82, 2.24) is 9.97 Å². The average molecular weight is 402 g/mol. The monoisotopic (exact) mass is 402 g/mol. The van der Waals surface area contributed by atoms with Crippen LogP contribution in [0.4, 0.5) is 35.3 Å². The number of hydrogen-bond donors (Lipinski definition) is 1. The Morgan fingerprint density at radius 3 is 2.48 bits per heavy atom. The van der Waals surface area contributed by atoms with Crippen molar-refractivity contribution in [2.75, 3.05) is 17.2 Å². The van der Waals surface area contributed by atoms with E-state index in [-0.39, 0.29) is 18.2 Å². The molecule has 1 heterocycles. The van der Waals surface area contributed by atoms with Gasteiger partial charge in [0.1, 0.15) is 0 Å². The number of nitrogen functional groups attached to an aromatic ring is 1. The number of nitrogens with zero attached hydrogens (tertiary/aromatic N) is 3. The van der Waals surface area contributed by atoms with Crippen LogP contribution < -0.4 is 10.6 Å². The fourth-order valence-corrected chi connectivity index (χ4v) is 2.60. The van der Waals surface area contributed by atoms with E-state index in [9.17, 15) is 18.0 Å². The topological polar surface area (TPSA) is 81.3 Å². The molecule has 0 bridgehead atoms. The Labute approximate surface area is 164 Å². The van der Waals surface area contributed by atoms with Gasteiger partial charge in [-0.05, 0) is 49.4 Å². The first-order chi connectivity index (χ1) is 13.8. The van der Waals surface area contributed by atoms with Gasteiger partial charge in [-0.25, -0.2) is 19.7 Å². The van der Waals surface area contributed by atoms with Gasteiger partial charge in [-0.3, -0.25) is 0 Å². The van der Waals surface area contributed by atoms with Gasteiger partial charge in [0.05, 0.1) is 23.6 Å². The molecule has 0 aliphatic heterocycles. The maximum atomic E-state index is 12.9. The molecule has 0 unspecified atom stereocenters. The fraction of sp³-hybridized carbons (Fsp3) is 0.150. The molecule has 3 aromatic rings. The molecule has 1 aromatic heterocycles. The van der Waals surface area contributed by atoms with Crippen LogP contribution in [0.2, 0.25) is 0 Å². The highest BCUT2D eigenvalue weighted by Crippen LogP contribution is 2.32. The van der Waals surface area contributed by atoms with Crippen molar-refractivity contribution in [3.05, 3.63) is 66.4 Å². The van der Waals surface area contributed by atoms with E-state index in [0.717, 1.165) is 29.2 Å². The maximum absolute atomic E-state index is 12.9. The number of carbonyl (C=O) groups excluding carboxylic acids is 1. The first-order valence-electron chi connectivity index (χ1n) is 8.62. The molecule has 9 heteroatoms. The highest BCUT2D eigenvalue weighted by Gasteiger charge is 2.31. The largest absolute Gasteiger partial charge is 0.449 e. The number of rotatable bonds is 4. The minimum atomic E-state index is -4.49. The minimum Gasteiger partial charge on any atom is -0.449 e. The quantitative estimate of drug-likeness (QED) is 0.619. The van der Waals surface area contributed by atoms with Crippen LogP contribution in [0, 0.1) is 0 Å². The molecule has 0 saturated carbocycles. The Bertz CT molecular complexity index is 1010. The average Bonchev–Trinajstić information content (AvgIpc) is 2.68. The van der Waals surface area contributed by atoms with Crippen LogP contribution in [0.3, 0.4) is 0 Å². The summed E-state index contributed by atoms with van der Waals surface area (Å²) in [6, 6.07) is 12.7. The van der Waals surface area contributed by atoms with E-state index in [1.165, 1.54) is 6.20 Å². The molecule has 6 nitrogen and oxygen atoms in total. The Kier molecular flexibility index (Phi) is 5.67. The predicted octanol–water partition coefficient (Wildman–Crippen LogP) is 5.04. The summed E-state index contributed by atoms with van der Waals surface area (Å²) in [6.45, 7) is 1.69. The number of hydrogen-bond acceptors (Lipinski definition) is 5. The van der Waals surface area contributed by atoms with Crippen LogP contribution in [0.1, 0.15) is 12.5 Å². The molecule has 0 atom stereocenters. The third kappa shape index (κ3) is 4.63. The lowest BCUT2D eigenvalue weighted by Crippen LogP contribution is -2.28. The van der Waals surface area contributed by atoms with Gasteiger partial charge in [0.15, 0.2) is 0 Å². The molecule has 2 aromatic carbocycles. The zero-order valence-electron chi connectivity index (χ0n) is 15.3. The summed E-state index contributed by atoms with van der Waals surface area (Å²) < 4.78 is 43.6. The third-order valence-electron chi connectivity index (χ3n) is 3.93. The first kappa shape index (κ1) is 20.1. The first-order valence-corrected chi connectivity index (χ1v) is 8.62. The Morgan fingerprint density at radius 1 is 1.14 bits per heavy atom. The van der Waals surface area contributed by atoms with Gasteiger partial charge in [-0.1, -0.05) is 12.1 Å². The van der Waals surface area contributed by atoms with Gasteiger partial charge in [0.25, 0.3) is 0 Å². The van der Waals surface area contributed by atoms with Crippen LogP contribution in [0.15, 0.2) is 60.8 Å². The zero-order chi connectivity index (χ0) is 21.0. The summed E-state index contributed by atoms with van der Waals surface area (Å²) in [4.78, 5) is 22.0. The molecular weight excluding hydrogens is 385 g/mol. The van der Waals surface area contributed by atoms with Gasteiger partial charge >= 0.3 is 12.3 Å². The third-order valence-corrected chi connectivity index (χ3v) is 3.93. The van der Waals surface area contributed by atoms with Gasteiger partial charge in [-0.15, -0.1) is 0 Å². The van der Waals surface area contributed by atoms with E-state index in [1.807, 2.05) is 0 Å². The SMILES string of the molecule is CCOC(=O)N(c1ccc(C(F)(F)F)cc1)c1nccc(-c2cccc(N)c2)n1. The van der Waals surface area contributed by atoms with Gasteiger partial charge in [0, 0.05) is 17.4 Å². The second-order valence-corrected chi connectivity index (χ2v) is 5.95. The van der Waals surface area contributed by atoms with Crippen molar-refractivity contribution >= 4 is 23.4 Å². The number of amides is 1. The minimum absolute atomic E-state index is 0.0388. The number of benzene rings is 2. The van der Waals surface area contributed by atoms with Crippen molar-refractivity contribution in [3.63, 3.8) is 0 Å². The van der Waals surface area contributed by atoms with E-state index in [1.54, 1.807) is 37.3 Å². The van der Waals surface area contributed by atoms with Crippen LogP contribution in [0.5, 0.6) is 0 Å². The number of ether oxygens (including phenoxy) is 1. The summed E-state index contributed by atoms with van der Waals surface area (Å²) in [5, 5.41) is 0. The summed E-state index contributed by atoms with van der Waals surface area (Å²) in [5.74, 6) is -0.0388. The molecule has 0 radical (unpaired) electrons. The van der Waals surface area contributed by atoms with E-state index in [2.05, 4.69) is 9.97 Å². The summed E-state index contributed by atoms with van der Waals surface area (Å²) >= 11 is 0. The molecule has 29 heavy (non-hydrogen) atoms. The highest BCUT2D eigenvalue weighted by atomic mass is 19.4. The molecule has 0 aliphatic rings. The maximum Gasteiger partial charge on any atom is 0.421 e. The molecule has 0 spiro atoms. The van der Waals surface area contributed by atoms with Gasteiger partial charge < -0.3 is 10.5 Å². The number of alkyl halides is 3. The zero-order valence-corrected chi connectivity index (χ0v) is 15.3. The fourth-order valence-electron chi connectivity index (χ4n) is 2.60. The van der Waals surface area contributed by atoms with Crippen LogP contribution in [-0.4, -0.2) is 22.7 Å². The second kappa shape index (κ2) is 8.17. The molecule has 2 N–H and O–H groups in total. The number of anilines is 3. The number of aromatic nitrogens is 2. The summed E-state index contributed by atoms with van der Waals surface area (Å²) in [6.07, 6.45) is -3.86. The van der Waals surface area contributed by atoms with E-state index >= 15 is 0 Å². The molecule has 150 valence electrons. The molecule has 0 aliphatic carbocycles. The molecule has 0 saturated heterocycles. The van der Waals surface area contributed by atoms with Gasteiger partial charge in [0.2, 0.25) is 5.95 Å². The lowest BCUT2D eigenvalue weighted by Gasteiger charge is -2.21. The predicted molar refractivity (Wildman–Crippen MR) is 102 cm³/mol. The van der Waals surface area contributed by atoms with Crippen molar-refractivity contribution in [2.24, 2.45) is 0 Å². The van der Waals surface area contributed by atoms with Crippen LogP contribution in [-0.2, 0) is 10.9 Å². The highest BCUT2D eigenvalue weighted by molar-refractivity contribution is 5.94. The van der Waals surface area contributed by atoms with E-state index in [4.69, 9.17) is 10.5 Å². The Morgan fingerprint density at radius 2 is 1.86 bits per heavy atom. The molecule has 1 amide bonds. The Balaban J connectivity index is 2.04. The van der Waals surface area contributed by atoms with Crippen LogP contribution in [0.25, 0.3) is 11.3 Å². The van der Waals surface area contributed by atoms with Crippen molar-refractivity contribution < 1.29 is 22.7 Å². The lowest BCUT2D eigenvalue weighted by molar-refractivity contribution is -0.137. The van der Waals surface area contributed by atoms with E-state index in [0.29, 0.717) is 16.9 Å². The standard InChI is InChI=1S/C20H17F3N4O2/c1-2-29-19(28)27(16-8-6-14(7-9-16)20(21,22)23)18-25-11-10-17(26-18)13-4-3-5-15(24)12-13/h3-12H,2,24H2,1H3. The molecule has 0 fully saturated rings. The van der Waals surface area contributed by atoms with Crippen molar-refractivity contribution in [3.8, 4) is 11.3 Å². The van der Waals surface area contributed by atoms with Crippen molar-refractivity contribution in [1.29, 1.82) is 0 Å². The lowest BCUT2D eigenvalue weighted by atomic mass is 10.1. The molecular formula is C20H17F3N4O2. The van der Waals surface area contributed by atoms with Gasteiger partial charge in [-0.2, -0.15) is 13.2 Å². The number of nitrogens with two attached hydrogens (primary N) is 1.